The van der Waals surface area contributed by atoms with Gasteiger partial charge in [-0.05, 0) is 50.3 Å². The van der Waals surface area contributed by atoms with Crippen LogP contribution in [0.3, 0.4) is 0 Å². The molecule has 1 rings (SSSR count). The lowest BCUT2D eigenvalue weighted by Crippen LogP contribution is -2.35. The SMILES string of the molecule is CCOCCCC(CCc1ccc(OC)cc1)NN. The van der Waals surface area contributed by atoms with Gasteiger partial charge in [0.15, 0.2) is 0 Å². The van der Waals surface area contributed by atoms with Gasteiger partial charge in [0.05, 0.1) is 7.11 Å². The van der Waals surface area contributed by atoms with Gasteiger partial charge in [0.1, 0.15) is 5.75 Å². The first kappa shape index (κ1) is 16.0. The van der Waals surface area contributed by atoms with E-state index in [0.29, 0.717) is 6.04 Å². The molecule has 0 aliphatic heterocycles. The van der Waals surface area contributed by atoms with E-state index in [1.165, 1.54) is 5.56 Å². The molecular weight excluding hydrogens is 240 g/mol. The Labute approximate surface area is 116 Å². The number of aryl methyl sites for hydroxylation is 1. The number of benzene rings is 1. The Morgan fingerprint density at radius 1 is 1.21 bits per heavy atom. The van der Waals surface area contributed by atoms with Crippen molar-refractivity contribution in [2.75, 3.05) is 20.3 Å². The van der Waals surface area contributed by atoms with E-state index in [-0.39, 0.29) is 0 Å². The van der Waals surface area contributed by atoms with Crippen molar-refractivity contribution in [1.29, 1.82) is 0 Å². The van der Waals surface area contributed by atoms with Crippen LogP contribution in [0.4, 0.5) is 0 Å². The number of nitrogens with two attached hydrogens (primary N) is 1. The summed E-state index contributed by atoms with van der Waals surface area (Å²) in [5, 5.41) is 0. The van der Waals surface area contributed by atoms with Gasteiger partial charge in [0.25, 0.3) is 0 Å². The van der Waals surface area contributed by atoms with Crippen LogP contribution in [0.5, 0.6) is 5.75 Å². The third-order valence-corrected chi connectivity index (χ3v) is 3.22. The molecule has 0 amide bonds. The Bertz CT molecular complexity index is 327. The molecule has 1 atom stereocenters. The van der Waals surface area contributed by atoms with E-state index in [0.717, 1.165) is 44.6 Å². The van der Waals surface area contributed by atoms with Crippen LogP contribution < -0.4 is 16.0 Å². The highest BCUT2D eigenvalue weighted by atomic mass is 16.5. The number of hydrogen-bond acceptors (Lipinski definition) is 4. The maximum atomic E-state index is 5.59. The fraction of sp³-hybridized carbons (Fsp3) is 0.600. The van der Waals surface area contributed by atoms with Crippen molar-refractivity contribution in [3.63, 3.8) is 0 Å². The molecule has 19 heavy (non-hydrogen) atoms. The summed E-state index contributed by atoms with van der Waals surface area (Å²) in [4.78, 5) is 0. The van der Waals surface area contributed by atoms with Crippen molar-refractivity contribution in [3.8, 4) is 5.75 Å². The first-order valence-electron chi connectivity index (χ1n) is 6.97. The molecule has 0 bridgehead atoms. The molecule has 1 unspecified atom stereocenters. The van der Waals surface area contributed by atoms with Gasteiger partial charge in [-0.1, -0.05) is 12.1 Å². The van der Waals surface area contributed by atoms with E-state index < -0.39 is 0 Å². The first-order chi connectivity index (χ1) is 9.30. The lowest BCUT2D eigenvalue weighted by atomic mass is 10.0. The van der Waals surface area contributed by atoms with Crippen molar-refractivity contribution in [3.05, 3.63) is 29.8 Å². The second-order valence-corrected chi connectivity index (χ2v) is 4.59. The quantitative estimate of drug-likeness (QED) is 0.387. The lowest BCUT2D eigenvalue weighted by Gasteiger charge is -2.15. The van der Waals surface area contributed by atoms with E-state index in [2.05, 4.69) is 17.6 Å². The van der Waals surface area contributed by atoms with Gasteiger partial charge in [-0.25, -0.2) is 0 Å². The minimum atomic E-state index is 0.350. The van der Waals surface area contributed by atoms with E-state index in [1.54, 1.807) is 7.11 Å². The van der Waals surface area contributed by atoms with Crippen molar-refractivity contribution < 1.29 is 9.47 Å². The van der Waals surface area contributed by atoms with Crippen molar-refractivity contribution in [1.82, 2.24) is 5.43 Å². The van der Waals surface area contributed by atoms with Crippen LogP contribution in [0.15, 0.2) is 24.3 Å². The summed E-state index contributed by atoms with van der Waals surface area (Å²) < 4.78 is 10.5. The van der Waals surface area contributed by atoms with Gasteiger partial charge in [-0.2, -0.15) is 0 Å². The maximum absolute atomic E-state index is 5.59. The topological polar surface area (TPSA) is 56.5 Å². The summed E-state index contributed by atoms with van der Waals surface area (Å²) in [7, 11) is 1.68. The smallest absolute Gasteiger partial charge is 0.118 e. The van der Waals surface area contributed by atoms with Gasteiger partial charge in [-0.15, -0.1) is 0 Å². The highest BCUT2D eigenvalue weighted by Crippen LogP contribution is 2.14. The van der Waals surface area contributed by atoms with Crippen LogP contribution in [0.2, 0.25) is 0 Å². The highest BCUT2D eigenvalue weighted by molar-refractivity contribution is 5.27. The molecule has 0 aliphatic carbocycles. The molecule has 0 heterocycles. The summed E-state index contributed by atoms with van der Waals surface area (Å²) in [6.07, 6.45) is 4.15. The van der Waals surface area contributed by atoms with Gasteiger partial charge < -0.3 is 9.47 Å². The van der Waals surface area contributed by atoms with Gasteiger partial charge in [0.2, 0.25) is 0 Å². The second-order valence-electron chi connectivity index (χ2n) is 4.59. The molecule has 0 fully saturated rings. The normalized spacial score (nSPS) is 12.4. The zero-order chi connectivity index (χ0) is 13.9. The summed E-state index contributed by atoms with van der Waals surface area (Å²) in [6, 6.07) is 8.55. The maximum Gasteiger partial charge on any atom is 0.118 e. The molecule has 1 aromatic rings. The van der Waals surface area contributed by atoms with Crippen molar-refractivity contribution >= 4 is 0 Å². The fourth-order valence-corrected chi connectivity index (χ4v) is 2.02. The van der Waals surface area contributed by atoms with Gasteiger partial charge in [-0.3, -0.25) is 11.3 Å². The summed E-state index contributed by atoms with van der Waals surface area (Å²) >= 11 is 0. The Morgan fingerprint density at radius 3 is 2.53 bits per heavy atom. The zero-order valence-electron chi connectivity index (χ0n) is 12.0. The largest absolute Gasteiger partial charge is 0.497 e. The minimum absolute atomic E-state index is 0.350. The molecule has 0 saturated carbocycles. The van der Waals surface area contributed by atoms with Crippen LogP contribution in [-0.2, 0) is 11.2 Å². The van der Waals surface area contributed by atoms with Gasteiger partial charge >= 0.3 is 0 Å². The number of ether oxygens (including phenoxy) is 2. The second kappa shape index (κ2) is 9.78. The molecule has 4 nitrogen and oxygen atoms in total. The molecular formula is C15H26N2O2. The van der Waals surface area contributed by atoms with Gasteiger partial charge in [0, 0.05) is 19.3 Å². The number of methoxy groups -OCH3 is 1. The number of nitrogens with one attached hydrogen (secondary N) is 1. The Balaban J connectivity index is 2.27. The van der Waals surface area contributed by atoms with E-state index in [1.807, 2.05) is 19.1 Å². The molecule has 0 aromatic heterocycles. The average Bonchev–Trinajstić information content (AvgIpc) is 2.47. The molecule has 0 spiro atoms. The summed E-state index contributed by atoms with van der Waals surface area (Å²) in [6.45, 7) is 3.62. The van der Waals surface area contributed by atoms with E-state index in [4.69, 9.17) is 15.3 Å². The first-order valence-corrected chi connectivity index (χ1v) is 6.97. The van der Waals surface area contributed by atoms with E-state index >= 15 is 0 Å². The molecule has 3 N–H and O–H groups in total. The van der Waals surface area contributed by atoms with E-state index in [9.17, 15) is 0 Å². The molecule has 0 saturated heterocycles. The number of hydrazine groups is 1. The minimum Gasteiger partial charge on any atom is -0.497 e. The number of rotatable bonds is 10. The Morgan fingerprint density at radius 2 is 1.95 bits per heavy atom. The molecule has 4 heteroatoms. The third kappa shape index (κ3) is 6.57. The highest BCUT2D eigenvalue weighted by Gasteiger charge is 2.06. The predicted molar refractivity (Wildman–Crippen MR) is 78.2 cm³/mol. The Hall–Kier alpha value is -1.10. The average molecular weight is 266 g/mol. The fourth-order valence-electron chi connectivity index (χ4n) is 2.02. The van der Waals surface area contributed by atoms with Crippen LogP contribution >= 0.6 is 0 Å². The predicted octanol–water partition coefficient (Wildman–Crippen LogP) is 2.28. The summed E-state index contributed by atoms with van der Waals surface area (Å²) in [5.74, 6) is 6.48. The van der Waals surface area contributed by atoms with Crippen LogP contribution in [0.1, 0.15) is 31.7 Å². The molecule has 0 radical (unpaired) electrons. The molecule has 0 aliphatic rings. The van der Waals surface area contributed by atoms with Crippen LogP contribution in [-0.4, -0.2) is 26.4 Å². The number of hydrogen-bond donors (Lipinski definition) is 2. The van der Waals surface area contributed by atoms with Crippen LogP contribution in [0.25, 0.3) is 0 Å². The zero-order valence-corrected chi connectivity index (χ0v) is 12.0. The van der Waals surface area contributed by atoms with Crippen molar-refractivity contribution in [2.24, 2.45) is 5.84 Å². The lowest BCUT2D eigenvalue weighted by molar-refractivity contribution is 0.140. The standard InChI is InChI=1S/C15H26N2O2/c1-3-19-12-4-5-14(17-16)9-6-13-7-10-15(18-2)11-8-13/h7-8,10-11,14,17H,3-6,9,12,16H2,1-2H3. The third-order valence-electron chi connectivity index (χ3n) is 3.22. The Kier molecular flexibility index (Phi) is 8.21. The summed E-state index contributed by atoms with van der Waals surface area (Å²) in [5.41, 5.74) is 4.20. The van der Waals surface area contributed by atoms with Crippen LogP contribution in [0, 0.1) is 0 Å². The van der Waals surface area contributed by atoms with Crippen molar-refractivity contribution in [2.45, 2.75) is 38.6 Å². The monoisotopic (exact) mass is 266 g/mol. The molecule has 1 aromatic carbocycles. The molecule has 108 valence electrons.